The second kappa shape index (κ2) is 51.3. The van der Waals surface area contributed by atoms with E-state index in [4.69, 9.17) is 43.7 Å². The highest BCUT2D eigenvalue weighted by Gasteiger charge is 2.53. The van der Waals surface area contributed by atoms with Gasteiger partial charge in [0, 0.05) is 104 Å². The second-order valence-corrected chi connectivity index (χ2v) is 24.7. The number of unbranched alkanes of at least 4 members (excludes halogenated alkanes) is 2. The molecule has 0 spiro atoms. The first-order valence-corrected chi connectivity index (χ1v) is 34.1. The third-order valence-electron chi connectivity index (χ3n) is 16.1. The summed E-state index contributed by atoms with van der Waals surface area (Å²) in [6.45, 7) is -0.251. The number of carboxylic acid groups (broad SMARTS) is 3. The highest BCUT2D eigenvalue weighted by Crippen LogP contribution is 2.34. The molecule has 41 heteroatoms. The predicted molar refractivity (Wildman–Crippen MR) is 358 cm³/mol. The number of carbonyl (C=O) groups is 16. The number of rotatable bonds is 49. The molecule has 16 N–H and O–H groups in total. The van der Waals surface area contributed by atoms with E-state index in [9.17, 15) is 118 Å². The van der Waals surface area contributed by atoms with E-state index in [-0.39, 0.29) is 109 Å². The molecule has 0 radical (unpaired) electrons. The van der Waals surface area contributed by atoms with Crippen molar-refractivity contribution in [3.8, 4) is 0 Å². The zero-order valence-corrected chi connectivity index (χ0v) is 59.0. The number of likely N-dealkylation sites (N-methyl/N-ethyl adjacent to an activating group) is 1. The van der Waals surface area contributed by atoms with E-state index in [2.05, 4.69) is 26.6 Å². The fourth-order valence-electron chi connectivity index (χ4n) is 10.3. The number of aliphatic hydroxyl groups excluding tert-OH is 8. The fourth-order valence-corrected chi connectivity index (χ4v) is 10.3. The number of hydrogen-bond acceptors (Lipinski definition) is 30. The van der Waals surface area contributed by atoms with E-state index >= 15 is 0 Å². The first-order valence-electron chi connectivity index (χ1n) is 34.1. The van der Waals surface area contributed by atoms with Gasteiger partial charge in [-0.25, -0.2) is 0 Å². The van der Waals surface area contributed by atoms with Gasteiger partial charge in [-0.3, -0.25) is 76.7 Å². The molecule has 8 amide bonds. The van der Waals surface area contributed by atoms with Gasteiger partial charge in [0.15, 0.2) is 42.0 Å². The van der Waals surface area contributed by atoms with Crippen LogP contribution in [0.25, 0.3) is 0 Å². The summed E-state index contributed by atoms with van der Waals surface area (Å²) < 4.78 is 34.9. The van der Waals surface area contributed by atoms with Crippen molar-refractivity contribution in [2.24, 2.45) is 0 Å². The monoisotopic (exact) mass is 1530 g/mol. The van der Waals surface area contributed by atoms with Gasteiger partial charge in [0.1, 0.15) is 93.4 Å². The number of ketones is 5. The number of carboxylic acids is 3. The van der Waals surface area contributed by atoms with Gasteiger partial charge >= 0.3 is 17.9 Å². The van der Waals surface area contributed by atoms with Crippen LogP contribution in [0.4, 0.5) is 0 Å². The number of aliphatic hydroxyl groups is 8. The standard InChI is InChI=1S/C37H62N2O20.C27H40N6O13.CH4/c1-3-39(16-27(47)48)26(46)12-11-21(43)15-38-25(45)10-5-4-8-20(42)9-6-7-13-54-37-35(58-28-14-22(44)29(49)19(2)55-28)34(31(51)24(18-41)57-37)59-36-33(53)32(52)30(50)23(17-40)56-36;1-3-28-21(38)7-4-18(35)11-30-22(39)13-33(16-27(45)46)25(42)9-6-20(37)12-31-23(40)14-32(15-26(43)44)24(41)8-5-19(36)10-29-17(2)34;/h19,22-24,28-37,40-41,44,49-53H,3-18H2,1-2H3,(H,38,45)(H,47,48);3-16H2,1-2H3,(H,28,38)(H,29,34)(H,30,39)(H,31,40)(H,43,44)(H,45,46);1H4/t19?,22-,23?,24?,28+,29-,30+,31+,32?,33+,34?,35+,36-,37-;;/m1../s1. The molecule has 3 aliphatic heterocycles. The van der Waals surface area contributed by atoms with Gasteiger partial charge < -0.3 is 126 Å². The number of amides is 8. The third kappa shape index (κ3) is 37.5. The number of nitrogens with zero attached hydrogens (tertiary/aromatic N) is 3. The minimum Gasteiger partial charge on any atom is -0.480 e. The summed E-state index contributed by atoms with van der Waals surface area (Å²) >= 11 is 0. The number of ether oxygens (including phenoxy) is 6. The lowest BCUT2D eigenvalue weighted by atomic mass is 9.96. The van der Waals surface area contributed by atoms with Crippen molar-refractivity contribution in [2.45, 2.75) is 224 Å². The van der Waals surface area contributed by atoms with Crippen LogP contribution in [0, 0.1) is 0 Å². The number of Topliss-reactive ketones (excluding diaryl/α,β-unsaturated/α-hetero) is 5. The van der Waals surface area contributed by atoms with Crippen LogP contribution >= 0.6 is 0 Å². The quantitative estimate of drug-likeness (QED) is 0.0252. The van der Waals surface area contributed by atoms with Crippen molar-refractivity contribution >= 4 is 94.1 Å². The summed E-state index contributed by atoms with van der Waals surface area (Å²) in [7, 11) is 0. The molecule has 3 rings (SSSR count). The molecule has 0 saturated carbocycles. The summed E-state index contributed by atoms with van der Waals surface area (Å²) in [5.41, 5.74) is 0. The fraction of sp³-hybridized carbons (Fsp3) is 0.754. The van der Waals surface area contributed by atoms with Crippen molar-refractivity contribution < 1.29 is 161 Å². The number of hydrogen-bond donors (Lipinski definition) is 16. The lowest BCUT2D eigenvalue weighted by molar-refractivity contribution is -0.382. The van der Waals surface area contributed by atoms with E-state index in [0.717, 1.165) is 4.90 Å². The van der Waals surface area contributed by atoms with Crippen LogP contribution < -0.4 is 26.6 Å². The number of carbonyl (C=O) groups excluding carboxylic acids is 13. The largest absolute Gasteiger partial charge is 0.480 e. The SMILES string of the molecule is C.CCN(CC(=O)O)C(=O)CCC(=O)CNC(=O)CCCCC(=O)CCCCO[C@@H]1OC(CO)[C@H](O)C(O[C@H]2OC(CO)[C@H](O)C(O)[C@@H]2O)[C@@H]1O[C@H]1C[C@@H](O)[C@H](O)C(C)O1.CCNC(=O)CCC(=O)CNC(=O)CN(CC(=O)O)C(=O)CCC(=O)CNC(=O)CN(CC(=O)O)C(=O)CCC(=O)CNC(C)=O. The summed E-state index contributed by atoms with van der Waals surface area (Å²) in [6, 6.07) is 0. The Kier molecular flexibility index (Phi) is 46.4. The molecule has 5 unspecified atom stereocenters. The molecule has 0 aromatic rings. The molecule has 3 fully saturated rings. The zero-order chi connectivity index (χ0) is 79.0. The molecule has 3 heterocycles. The maximum Gasteiger partial charge on any atom is 0.323 e. The Balaban J connectivity index is 0.00000109. The van der Waals surface area contributed by atoms with Crippen molar-refractivity contribution in [1.29, 1.82) is 0 Å². The van der Waals surface area contributed by atoms with Crippen molar-refractivity contribution in [1.82, 2.24) is 41.3 Å². The van der Waals surface area contributed by atoms with Gasteiger partial charge in [-0.2, -0.15) is 0 Å². The number of aliphatic carboxylic acids is 3. The van der Waals surface area contributed by atoms with Crippen molar-refractivity contribution in [3.63, 3.8) is 0 Å². The molecule has 3 saturated heterocycles. The maximum atomic E-state index is 12.5. The third-order valence-corrected chi connectivity index (χ3v) is 16.1. The highest BCUT2D eigenvalue weighted by molar-refractivity contribution is 5.95. The van der Waals surface area contributed by atoms with Gasteiger partial charge in [-0.15, -0.1) is 0 Å². The van der Waals surface area contributed by atoms with Crippen LogP contribution in [0.3, 0.4) is 0 Å². The second-order valence-electron chi connectivity index (χ2n) is 24.7. The summed E-state index contributed by atoms with van der Waals surface area (Å²) in [5.74, 6) is -11.3. The van der Waals surface area contributed by atoms with Crippen LogP contribution in [0.15, 0.2) is 0 Å². The smallest absolute Gasteiger partial charge is 0.323 e. The van der Waals surface area contributed by atoms with Crippen LogP contribution in [0.1, 0.15) is 138 Å². The average molecular weight is 1530 g/mol. The molecular weight excluding hydrogens is 1420 g/mol. The Morgan fingerprint density at radius 3 is 1.31 bits per heavy atom. The Bertz CT molecular complexity index is 2890. The highest BCUT2D eigenvalue weighted by atomic mass is 16.8. The molecule has 0 bridgehead atoms. The molecule has 106 heavy (non-hydrogen) atoms. The van der Waals surface area contributed by atoms with E-state index in [1.807, 2.05) is 0 Å². The molecule has 14 atom stereocenters. The molecular formula is C65H106N8O33. The Morgan fingerprint density at radius 2 is 0.849 bits per heavy atom. The van der Waals surface area contributed by atoms with E-state index < -0.39 is 241 Å². The number of nitrogens with one attached hydrogen (secondary N) is 5. The molecule has 0 aromatic heterocycles. The van der Waals surface area contributed by atoms with Gasteiger partial charge in [0.05, 0.1) is 51.6 Å². The van der Waals surface area contributed by atoms with Gasteiger partial charge in [-0.1, -0.05) is 7.43 Å². The molecule has 604 valence electrons. The predicted octanol–water partition coefficient (Wildman–Crippen LogP) is -6.79. The lowest BCUT2D eigenvalue weighted by Gasteiger charge is -2.48. The Labute approximate surface area is 610 Å². The minimum absolute atomic E-state index is 0. The van der Waals surface area contributed by atoms with Gasteiger partial charge in [-0.05, 0) is 46.5 Å². The first-order chi connectivity index (χ1) is 49.5. The lowest BCUT2D eigenvalue weighted by Crippen LogP contribution is -2.66. The maximum absolute atomic E-state index is 12.5. The average Bonchev–Trinajstić information content (AvgIpc) is 0.777. The topological polar surface area (TPSA) is 621 Å². The molecule has 41 nitrogen and oxygen atoms in total. The minimum atomic E-state index is -1.86. The Hall–Kier alpha value is -8.04. The van der Waals surface area contributed by atoms with Crippen LogP contribution in [-0.2, 0) is 105 Å². The molecule has 0 aromatic carbocycles. The van der Waals surface area contributed by atoms with Gasteiger partial charge in [0.25, 0.3) is 0 Å². The normalized spacial score (nSPS) is 23.1. The molecule has 3 aliphatic rings. The first kappa shape index (κ1) is 96.0. The summed E-state index contributed by atoms with van der Waals surface area (Å²) in [4.78, 5) is 192. The Morgan fingerprint density at radius 1 is 0.425 bits per heavy atom. The van der Waals surface area contributed by atoms with Crippen molar-refractivity contribution in [3.05, 3.63) is 0 Å². The van der Waals surface area contributed by atoms with E-state index in [1.165, 1.54) is 13.8 Å². The zero-order valence-electron chi connectivity index (χ0n) is 59.0. The van der Waals surface area contributed by atoms with Gasteiger partial charge in [0.2, 0.25) is 47.3 Å². The summed E-state index contributed by atoms with van der Waals surface area (Å²) in [6.07, 6.45) is -20.8. The molecule has 0 aliphatic carbocycles. The van der Waals surface area contributed by atoms with Crippen LogP contribution in [0.5, 0.6) is 0 Å². The van der Waals surface area contributed by atoms with E-state index in [0.29, 0.717) is 42.0 Å². The summed E-state index contributed by atoms with van der Waals surface area (Å²) in [5, 5.41) is 121. The van der Waals surface area contributed by atoms with Crippen LogP contribution in [0.2, 0.25) is 0 Å². The van der Waals surface area contributed by atoms with E-state index in [1.54, 1.807) is 13.8 Å². The van der Waals surface area contributed by atoms with Crippen molar-refractivity contribution in [2.75, 3.05) is 91.8 Å². The van der Waals surface area contributed by atoms with Crippen LogP contribution in [-0.4, -0.2) is 343 Å².